The first-order valence-electron chi connectivity index (χ1n) is 14.2. The molecule has 0 unspecified atom stereocenters. The van der Waals surface area contributed by atoms with Crippen molar-refractivity contribution in [2.75, 3.05) is 31.1 Å². The Morgan fingerprint density at radius 1 is 1.05 bits per heavy atom. The Kier molecular flexibility index (Phi) is 5.47. The molecule has 7 nitrogen and oxygen atoms in total. The van der Waals surface area contributed by atoms with Crippen LogP contribution in [0, 0.1) is 29.3 Å². The maximum Gasteiger partial charge on any atom is 0.207 e. The van der Waals surface area contributed by atoms with E-state index >= 15 is 8.78 Å². The van der Waals surface area contributed by atoms with Crippen molar-refractivity contribution >= 4 is 27.5 Å². The fourth-order valence-corrected chi connectivity index (χ4v) is 7.37. The van der Waals surface area contributed by atoms with Crippen molar-refractivity contribution < 1.29 is 18.3 Å². The van der Waals surface area contributed by atoms with E-state index in [1.54, 1.807) is 0 Å². The van der Waals surface area contributed by atoms with Crippen molar-refractivity contribution in [2.45, 2.75) is 49.7 Å². The number of anilines is 1. The summed E-state index contributed by atoms with van der Waals surface area (Å²) >= 11 is 0. The first-order chi connectivity index (χ1) is 19.9. The Balaban J connectivity index is 1.34. The lowest BCUT2D eigenvalue weighted by Crippen LogP contribution is -2.44. The van der Waals surface area contributed by atoms with E-state index in [1.165, 1.54) is 24.4 Å². The molecular weight excluding hydrogens is 529 g/mol. The summed E-state index contributed by atoms with van der Waals surface area (Å²) in [5.74, 6) is 4.25. The number of hydrogen-bond donors (Lipinski definition) is 2. The molecule has 41 heavy (non-hydrogen) atoms. The molecule has 0 saturated carbocycles. The lowest BCUT2D eigenvalue weighted by atomic mass is 9.95. The smallest absolute Gasteiger partial charge is 0.207 e. The molecule has 2 aromatic carbocycles. The van der Waals surface area contributed by atoms with Crippen LogP contribution in [-0.2, 0) is 0 Å². The molecule has 0 amide bonds. The standard InChI is InChI=1S/C31H27F3N6O/c32-23-4-3-17-11-20(41)13-21(25(17)26(23)33)28-27(34)29-22(15-36-28)30(40-16-18-12-19(40)14-35-18)38-24(37-29)5-8-31-6-1-9-39(31)10-2-7-31/h3-4,11,13,15,18-19,35,41H,1-2,6-7,9-10,12,14,16H2/t18-,19-/m0/s1. The van der Waals surface area contributed by atoms with Gasteiger partial charge in [-0.1, -0.05) is 12.0 Å². The van der Waals surface area contributed by atoms with Crippen LogP contribution in [-0.4, -0.2) is 68.8 Å². The number of rotatable bonds is 2. The molecule has 6 heterocycles. The number of phenols is 1. The molecule has 0 radical (unpaired) electrons. The van der Waals surface area contributed by atoms with Gasteiger partial charge < -0.3 is 15.3 Å². The summed E-state index contributed by atoms with van der Waals surface area (Å²) in [7, 11) is 0. The Bertz CT molecular complexity index is 1810. The van der Waals surface area contributed by atoms with Crippen molar-refractivity contribution in [2.24, 2.45) is 0 Å². The van der Waals surface area contributed by atoms with Gasteiger partial charge in [0.2, 0.25) is 5.82 Å². The second kappa shape index (κ2) is 9.03. The Morgan fingerprint density at radius 3 is 2.63 bits per heavy atom. The van der Waals surface area contributed by atoms with Gasteiger partial charge in [0, 0.05) is 42.3 Å². The molecule has 2 bridgehead atoms. The normalized spacial score (nSPS) is 23.0. The summed E-state index contributed by atoms with van der Waals surface area (Å²) in [4.78, 5) is 18.4. The summed E-state index contributed by atoms with van der Waals surface area (Å²) in [6, 6.07) is 5.37. The molecule has 2 atom stereocenters. The van der Waals surface area contributed by atoms with E-state index in [0.717, 1.165) is 64.3 Å². The molecule has 4 aromatic rings. The van der Waals surface area contributed by atoms with E-state index in [2.05, 4.69) is 36.9 Å². The highest BCUT2D eigenvalue weighted by atomic mass is 19.2. The fraction of sp³-hybridized carbons (Fsp3) is 0.387. The van der Waals surface area contributed by atoms with Gasteiger partial charge in [-0.3, -0.25) is 9.88 Å². The van der Waals surface area contributed by atoms with E-state index in [-0.39, 0.29) is 50.7 Å². The monoisotopic (exact) mass is 556 g/mol. The highest BCUT2D eigenvalue weighted by molar-refractivity contribution is 6.00. The second-order valence-electron chi connectivity index (χ2n) is 11.6. The lowest BCUT2D eigenvalue weighted by molar-refractivity contribution is 0.261. The van der Waals surface area contributed by atoms with Crippen LogP contribution in [0.1, 0.15) is 37.9 Å². The lowest BCUT2D eigenvalue weighted by Gasteiger charge is -2.29. The molecule has 4 aliphatic rings. The van der Waals surface area contributed by atoms with Gasteiger partial charge in [-0.25, -0.2) is 23.1 Å². The molecule has 10 heteroatoms. The number of aromatic nitrogens is 3. The zero-order valence-corrected chi connectivity index (χ0v) is 22.2. The average molecular weight is 557 g/mol. The Hall–Kier alpha value is -3.94. The van der Waals surface area contributed by atoms with Crippen molar-refractivity contribution in [3.05, 3.63) is 53.7 Å². The van der Waals surface area contributed by atoms with Gasteiger partial charge >= 0.3 is 0 Å². The van der Waals surface area contributed by atoms with Crippen LogP contribution in [0.2, 0.25) is 0 Å². The van der Waals surface area contributed by atoms with Gasteiger partial charge in [-0.2, -0.15) is 0 Å². The third kappa shape index (κ3) is 3.79. The molecule has 0 spiro atoms. The Labute approximate surface area is 234 Å². The average Bonchev–Trinajstić information content (AvgIpc) is 3.76. The fourth-order valence-electron chi connectivity index (χ4n) is 7.37. The van der Waals surface area contributed by atoms with Crippen molar-refractivity contribution in [1.82, 2.24) is 25.2 Å². The maximum absolute atomic E-state index is 16.5. The van der Waals surface area contributed by atoms with Gasteiger partial charge in [0.25, 0.3) is 0 Å². The van der Waals surface area contributed by atoms with E-state index in [0.29, 0.717) is 17.2 Å². The van der Waals surface area contributed by atoms with Gasteiger partial charge in [-0.05, 0) is 74.7 Å². The first-order valence-corrected chi connectivity index (χ1v) is 14.2. The van der Waals surface area contributed by atoms with Crippen LogP contribution >= 0.6 is 0 Å². The highest BCUT2D eigenvalue weighted by Crippen LogP contribution is 2.40. The summed E-state index contributed by atoms with van der Waals surface area (Å²) in [5.41, 5.74) is -0.452. The number of piperazine rings is 1. The van der Waals surface area contributed by atoms with E-state index in [4.69, 9.17) is 4.98 Å². The number of nitrogens with one attached hydrogen (secondary N) is 1. The molecular formula is C31H27F3N6O. The molecule has 4 aliphatic heterocycles. The third-order valence-corrected chi connectivity index (χ3v) is 9.29. The molecule has 4 saturated heterocycles. The number of benzene rings is 2. The van der Waals surface area contributed by atoms with E-state index in [9.17, 15) is 9.50 Å². The predicted molar refractivity (Wildman–Crippen MR) is 149 cm³/mol. The number of aromatic hydroxyl groups is 1. The number of fused-ring (bicyclic) bond motifs is 5. The summed E-state index contributed by atoms with van der Waals surface area (Å²) in [6.45, 7) is 3.60. The van der Waals surface area contributed by atoms with Crippen LogP contribution in [0.5, 0.6) is 5.75 Å². The topological polar surface area (TPSA) is 77.4 Å². The van der Waals surface area contributed by atoms with Crippen molar-refractivity contribution in [3.8, 4) is 28.8 Å². The minimum absolute atomic E-state index is 0.0144. The van der Waals surface area contributed by atoms with E-state index in [1.807, 2.05) is 0 Å². The number of pyridine rings is 1. The molecule has 2 aromatic heterocycles. The first kappa shape index (κ1) is 24.8. The zero-order valence-electron chi connectivity index (χ0n) is 22.2. The number of halogens is 3. The minimum atomic E-state index is -1.13. The molecule has 2 N–H and O–H groups in total. The number of nitrogens with zero attached hydrogens (tertiary/aromatic N) is 5. The number of hydrogen-bond acceptors (Lipinski definition) is 7. The van der Waals surface area contributed by atoms with Crippen LogP contribution in [0.15, 0.2) is 30.5 Å². The van der Waals surface area contributed by atoms with Gasteiger partial charge in [0.15, 0.2) is 17.5 Å². The second-order valence-corrected chi connectivity index (χ2v) is 11.6. The molecule has 4 fully saturated rings. The Morgan fingerprint density at radius 2 is 1.88 bits per heavy atom. The summed E-state index contributed by atoms with van der Waals surface area (Å²) in [6.07, 6.45) is 6.65. The molecule has 208 valence electrons. The summed E-state index contributed by atoms with van der Waals surface area (Å²) in [5, 5.41) is 14.3. The van der Waals surface area contributed by atoms with Crippen LogP contribution in [0.3, 0.4) is 0 Å². The summed E-state index contributed by atoms with van der Waals surface area (Å²) < 4.78 is 45.8. The third-order valence-electron chi connectivity index (χ3n) is 9.29. The van der Waals surface area contributed by atoms with E-state index < -0.39 is 17.5 Å². The van der Waals surface area contributed by atoms with Crippen molar-refractivity contribution in [3.63, 3.8) is 0 Å². The SMILES string of the molecule is Oc1cc(-c2ncc3c(N4C[C@@H]5C[C@H]4CN5)nc(C#CC45CCCN4CCC5)nc3c2F)c2c(F)c(F)ccc2c1. The minimum Gasteiger partial charge on any atom is -0.508 e. The van der Waals surface area contributed by atoms with Crippen molar-refractivity contribution in [1.29, 1.82) is 0 Å². The van der Waals surface area contributed by atoms with Crippen LogP contribution < -0.4 is 10.2 Å². The van der Waals surface area contributed by atoms with Crippen LogP contribution in [0.4, 0.5) is 19.0 Å². The quantitative estimate of drug-likeness (QED) is 0.352. The highest BCUT2D eigenvalue weighted by Gasteiger charge is 2.43. The zero-order chi connectivity index (χ0) is 27.9. The van der Waals surface area contributed by atoms with Gasteiger partial charge in [0.05, 0.1) is 10.9 Å². The van der Waals surface area contributed by atoms with Crippen LogP contribution in [0.25, 0.3) is 32.9 Å². The maximum atomic E-state index is 16.5. The number of phenolic OH excluding ortho intramolecular Hbond substituents is 1. The predicted octanol–water partition coefficient (Wildman–Crippen LogP) is 4.50. The van der Waals surface area contributed by atoms with Gasteiger partial charge in [-0.15, -0.1) is 0 Å². The molecule has 0 aliphatic carbocycles. The molecule has 8 rings (SSSR count). The van der Waals surface area contributed by atoms with Gasteiger partial charge in [0.1, 0.15) is 22.8 Å². The largest absolute Gasteiger partial charge is 0.508 e.